The van der Waals surface area contributed by atoms with Crippen molar-refractivity contribution in [2.75, 3.05) is 20.1 Å². The van der Waals surface area contributed by atoms with Gasteiger partial charge in [-0.15, -0.1) is 0 Å². The Morgan fingerprint density at radius 3 is 2.32 bits per heavy atom. The predicted molar refractivity (Wildman–Crippen MR) is 80.1 cm³/mol. The van der Waals surface area contributed by atoms with Crippen LogP contribution in [0.1, 0.15) is 41.0 Å². The maximum atomic E-state index is 12.0. The molecule has 112 valence electrons. The van der Waals surface area contributed by atoms with Crippen LogP contribution in [-0.4, -0.2) is 49.1 Å². The fraction of sp³-hybridized carbons (Fsp3) is 0.933. The molecule has 1 heterocycles. The number of hydrogen-bond acceptors (Lipinski definition) is 3. The summed E-state index contributed by atoms with van der Waals surface area (Å²) in [5.41, 5.74) is 0. The van der Waals surface area contributed by atoms with Gasteiger partial charge in [0.05, 0.1) is 6.04 Å². The first-order chi connectivity index (χ1) is 8.85. The van der Waals surface area contributed by atoms with Gasteiger partial charge < -0.3 is 10.6 Å². The monoisotopic (exact) mass is 269 g/mol. The molecule has 0 unspecified atom stereocenters. The summed E-state index contributed by atoms with van der Waals surface area (Å²) >= 11 is 0. The van der Waals surface area contributed by atoms with Crippen molar-refractivity contribution in [1.29, 1.82) is 0 Å². The molecule has 0 radical (unpaired) electrons. The summed E-state index contributed by atoms with van der Waals surface area (Å²) in [6.07, 6.45) is 0.893. The van der Waals surface area contributed by atoms with Crippen LogP contribution in [-0.2, 0) is 4.79 Å². The van der Waals surface area contributed by atoms with Gasteiger partial charge in [-0.1, -0.05) is 20.8 Å². The first-order valence-electron chi connectivity index (χ1n) is 7.56. The normalized spacial score (nSPS) is 26.1. The smallest absolute Gasteiger partial charge is 0.236 e. The Morgan fingerprint density at radius 1 is 1.26 bits per heavy atom. The van der Waals surface area contributed by atoms with E-state index in [0.29, 0.717) is 23.9 Å². The molecule has 4 nitrogen and oxygen atoms in total. The van der Waals surface area contributed by atoms with Gasteiger partial charge in [-0.2, -0.15) is 0 Å². The summed E-state index contributed by atoms with van der Waals surface area (Å²) in [5.74, 6) is 1.23. The van der Waals surface area contributed by atoms with Gasteiger partial charge in [0.15, 0.2) is 0 Å². The van der Waals surface area contributed by atoms with E-state index in [4.69, 9.17) is 0 Å². The third-order valence-electron chi connectivity index (χ3n) is 4.06. The van der Waals surface area contributed by atoms with E-state index in [0.717, 1.165) is 19.5 Å². The van der Waals surface area contributed by atoms with Crippen LogP contribution < -0.4 is 10.6 Å². The fourth-order valence-corrected chi connectivity index (χ4v) is 2.80. The lowest BCUT2D eigenvalue weighted by atomic mass is 9.99. The average molecular weight is 269 g/mol. The highest BCUT2D eigenvalue weighted by Gasteiger charge is 2.33. The number of likely N-dealkylation sites (tertiary alicyclic amines) is 1. The minimum Gasteiger partial charge on any atom is -0.358 e. The zero-order valence-corrected chi connectivity index (χ0v) is 13.4. The third-order valence-corrected chi connectivity index (χ3v) is 4.06. The molecule has 0 bridgehead atoms. The Balaban J connectivity index is 2.61. The van der Waals surface area contributed by atoms with Gasteiger partial charge in [0.25, 0.3) is 0 Å². The maximum absolute atomic E-state index is 12.0. The van der Waals surface area contributed by atoms with Gasteiger partial charge in [-0.05, 0) is 32.1 Å². The van der Waals surface area contributed by atoms with Crippen LogP contribution in [0.2, 0.25) is 0 Å². The number of rotatable bonds is 6. The van der Waals surface area contributed by atoms with E-state index in [2.05, 4.69) is 50.2 Å². The van der Waals surface area contributed by atoms with Gasteiger partial charge in [-0.25, -0.2) is 0 Å². The highest BCUT2D eigenvalue weighted by molar-refractivity contribution is 5.81. The molecule has 0 aliphatic carbocycles. The number of carbonyl (C=O) groups is 1. The van der Waals surface area contributed by atoms with Gasteiger partial charge in [-0.3, -0.25) is 9.69 Å². The van der Waals surface area contributed by atoms with E-state index in [1.807, 2.05) is 0 Å². The van der Waals surface area contributed by atoms with Crippen LogP contribution >= 0.6 is 0 Å². The molecule has 1 amide bonds. The molecule has 1 aliphatic heterocycles. The van der Waals surface area contributed by atoms with Crippen LogP contribution in [0, 0.1) is 11.8 Å². The summed E-state index contributed by atoms with van der Waals surface area (Å²) in [4.78, 5) is 14.5. The van der Waals surface area contributed by atoms with E-state index in [9.17, 15) is 4.79 Å². The van der Waals surface area contributed by atoms with Crippen LogP contribution in [0.3, 0.4) is 0 Å². The molecule has 4 heteroatoms. The lowest BCUT2D eigenvalue weighted by molar-refractivity contribution is -0.123. The van der Waals surface area contributed by atoms with Crippen molar-refractivity contribution in [1.82, 2.24) is 15.5 Å². The summed E-state index contributed by atoms with van der Waals surface area (Å²) in [6, 6.07) is 0.936. The molecule has 19 heavy (non-hydrogen) atoms. The van der Waals surface area contributed by atoms with Gasteiger partial charge >= 0.3 is 0 Å². The van der Waals surface area contributed by atoms with Crippen molar-refractivity contribution in [3.63, 3.8) is 0 Å². The van der Waals surface area contributed by atoms with Crippen molar-refractivity contribution in [2.45, 2.75) is 59.2 Å². The molecule has 2 N–H and O–H groups in total. The fourth-order valence-electron chi connectivity index (χ4n) is 2.80. The molecule has 0 aromatic carbocycles. The number of likely N-dealkylation sites (N-methyl/N-ethyl adjacent to an activating group) is 1. The van der Waals surface area contributed by atoms with E-state index < -0.39 is 0 Å². The summed E-state index contributed by atoms with van der Waals surface area (Å²) < 4.78 is 0. The summed E-state index contributed by atoms with van der Waals surface area (Å²) in [7, 11) is 1.72. The Morgan fingerprint density at radius 2 is 1.89 bits per heavy atom. The number of hydrogen-bond donors (Lipinski definition) is 2. The zero-order valence-electron chi connectivity index (χ0n) is 13.4. The Bertz CT molecular complexity index is 291. The van der Waals surface area contributed by atoms with Crippen LogP contribution in [0.5, 0.6) is 0 Å². The molecule has 0 saturated carbocycles. The first-order valence-corrected chi connectivity index (χ1v) is 7.56. The van der Waals surface area contributed by atoms with Gasteiger partial charge in [0, 0.05) is 32.2 Å². The minimum absolute atomic E-state index is 0.0652. The highest BCUT2D eigenvalue weighted by atomic mass is 16.2. The lowest BCUT2D eigenvalue weighted by Gasteiger charge is -2.26. The Hall–Kier alpha value is -0.610. The van der Waals surface area contributed by atoms with Crippen LogP contribution in [0.25, 0.3) is 0 Å². The summed E-state index contributed by atoms with van der Waals surface area (Å²) in [6.45, 7) is 13.2. The Labute approximate surface area is 118 Å². The number of nitrogens with zero attached hydrogens (tertiary/aromatic N) is 1. The standard InChI is InChI=1S/C15H31N3O/c1-10(2)7-13(15(19)16-6)17-14-9-18(11(3)4)8-12(14)5/h10-14,17H,7-9H2,1-6H3,(H,16,19)/t12-,13+,14-/m1/s1. The van der Waals surface area contributed by atoms with E-state index >= 15 is 0 Å². The SMILES string of the molecule is CNC(=O)[C@H](CC(C)C)N[C@@H]1CN(C(C)C)C[C@H]1C. The second kappa shape index (κ2) is 7.25. The molecule has 0 aromatic rings. The van der Waals surface area contributed by atoms with Crippen molar-refractivity contribution in [2.24, 2.45) is 11.8 Å². The largest absolute Gasteiger partial charge is 0.358 e. The van der Waals surface area contributed by atoms with Crippen molar-refractivity contribution in [3.05, 3.63) is 0 Å². The Kier molecular flexibility index (Phi) is 6.27. The van der Waals surface area contributed by atoms with Gasteiger partial charge in [0.2, 0.25) is 5.91 Å². The van der Waals surface area contributed by atoms with Crippen molar-refractivity contribution < 1.29 is 4.79 Å². The number of amides is 1. The quantitative estimate of drug-likeness (QED) is 0.767. The lowest BCUT2D eigenvalue weighted by Crippen LogP contribution is -2.50. The van der Waals surface area contributed by atoms with E-state index in [-0.39, 0.29) is 11.9 Å². The molecule has 1 rings (SSSR count). The highest BCUT2D eigenvalue weighted by Crippen LogP contribution is 2.20. The molecule has 3 atom stereocenters. The maximum Gasteiger partial charge on any atom is 0.236 e. The summed E-state index contributed by atoms with van der Waals surface area (Å²) in [5, 5.41) is 6.36. The van der Waals surface area contributed by atoms with Gasteiger partial charge in [0.1, 0.15) is 0 Å². The van der Waals surface area contributed by atoms with Crippen LogP contribution in [0.15, 0.2) is 0 Å². The molecule has 0 spiro atoms. The van der Waals surface area contributed by atoms with Crippen molar-refractivity contribution in [3.8, 4) is 0 Å². The average Bonchev–Trinajstić information content (AvgIpc) is 2.69. The zero-order chi connectivity index (χ0) is 14.6. The number of nitrogens with one attached hydrogen (secondary N) is 2. The van der Waals surface area contributed by atoms with E-state index in [1.54, 1.807) is 7.05 Å². The molecule has 0 aromatic heterocycles. The van der Waals surface area contributed by atoms with Crippen LogP contribution in [0.4, 0.5) is 0 Å². The topological polar surface area (TPSA) is 44.4 Å². The van der Waals surface area contributed by atoms with E-state index in [1.165, 1.54) is 0 Å². The third kappa shape index (κ3) is 4.77. The molecular formula is C15H31N3O. The molecule has 1 saturated heterocycles. The molecule has 1 aliphatic rings. The first kappa shape index (κ1) is 16.4. The minimum atomic E-state index is -0.0652. The molecular weight excluding hydrogens is 238 g/mol. The molecule has 1 fully saturated rings. The second-order valence-electron chi connectivity index (χ2n) is 6.59. The predicted octanol–water partition coefficient (Wildman–Crippen LogP) is 1.47. The second-order valence-corrected chi connectivity index (χ2v) is 6.59. The number of carbonyl (C=O) groups excluding carboxylic acids is 1. The van der Waals surface area contributed by atoms with Crippen molar-refractivity contribution >= 4 is 5.91 Å².